The van der Waals surface area contributed by atoms with Gasteiger partial charge in [0.1, 0.15) is 5.75 Å². The van der Waals surface area contributed by atoms with Crippen molar-refractivity contribution in [3.05, 3.63) is 54.1 Å². The number of sulfonamides is 1. The Bertz CT molecular complexity index is 922. The Kier molecular flexibility index (Phi) is 6.21. The maximum Gasteiger partial charge on any atom is 0.261 e. The molecule has 1 heterocycles. The smallest absolute Gasteiger partial charge is 0.261 e. The Labute approximate surface area is 165 Å². The highest BCUT2D eigenvalue weighted by Gasteiger charge is 2.22. The molecule has 1 saturated heterocycles. The Morgan fingerprint density at radius 1 is 1.25 bits per heavy atom. The largest absolute Gasteiger partial charge is 0.497 e. The highest BCUT2D eigenvalue weighted by molar-refractivity contribution is 7.92. The second-order valence-electron chi connectivity index (χ2n) is 6.68. The molecule has 0 bridgehead atoms. The Balaban J connectivity index is 1.74. The van der Waals surface area contributed by atoms with Gasteiger partial charge >= 0.3 is 0 Å². The van der Waals surface area contributed by atoms with Crippen molar-refractivity contribution in [2.24, 2.45) is 0 Å². The first kappa shape index (κ1) is 20.2. The van der Waals surface area contributed by atoms with Crippen molar-refractivity contribution in [1.82, 2.24) is 4.90 Å². The van der Waals surface area contributed by atoms with Gasteiger partial charge in [0.25, 0.3) is 15.9 Å². The van der Waals surface area contributed by atoms with Gasteiger partial charge in [0.15, 0.2) is 0 Å². The van der Waals surface area contributed by atoms with Gasteiger partial charge in [-0.05, 0) is 55.3 Å². The van der Waals surface area contributed by atoms with E-state index >= 15 is 0 Å². The lowest BCUT2D eigenvalue weighted by molar-refractivity contribution is 0.0587. The molecule has 7 nitrogen and oxygen atoms in total. The molecule has 1 amide bonds. The first-order valence-electron chi connectivity index (χ1n) is 9.03. The molecule has 1 N–H and O–H groups in total. The average molecular weight is 404 g/mol. The second kappa shape index (κ2) is 8.62. The van der Waals surface area contributed by atoms with Crippen molar-refractivity contribution >= 4 is 21.6 Å². The lowest BCUT2D eigenvalue weighted by atomic mass is 10.2. The molecule has 28 heavy (non-hydrogen) atoms. The minimum absolute atomic E-state index is 0.0275. The lowest BCUT2D eigenvalue weighted by Gasteiger charge is -2.21. The van der Waals surface area contributed by atoms with E-state index in [4.69, 9.17) is 9.47 Å². The minimum atomic E-state index is -3.82. The van der Waals surface area contributed by atoms with Gasteiger partial charge < -0.3 is 14.4 Å². The zero-order valence-electron chi connectivity index (χ0n) is 15.9. The molecule has 1 aliphatic rings. The second-order valence-corrected chi connectivity index (χ2v) is 8.36. The fourth-order valence-corrected chi connectivity index (χ4v) is 4.17. The van der Waals surface area contributed by atoms with Crippen molar-refractivity contribution in [3.8, 4) is 5.75 Å². The van der Waals surface area contributed by atoms with Gasteiger partial charge in [-0.3, -0.25) is 9.52 Å². The predicted molar refractivity (Wildman–Crippen MR) is 106 cm³/mol. The fourth-order valence-electron chi connectivity index (χ4n) is 3.07. The maximum atomic E-state index is 12.7. The third kappa shape index (κ3) is 4.82. The first-order chi connectivity index (χ1) is 13.4. The number of nitrogens with one attached hydrogen (secondary N) is 1. The number of hydrogen-bond donors (Lipinski definition) is 1. The number of rotatable bonds is 7. The summed E-state index contributed by atoms with van der Waals surface area (Å²) < 4.78 is 38.5. The van der Waals surface area contributed by atoms with Gasteiger partial charge in [-0.25, -0.2) is 8.42 Å². The van der Waals surface area contributed by atoms with E-state index in [1.807, 2.05) is 0 Å². The van der Waals surface area contributed by atoms with E-state index in [1.54, 1.807) is 48.3 Å². The molecule has 3 rings (SSSR count). The third-order valence-corrected chi connectivity index (χ3v) is 5.96. The Morgan fingerprint density at radius 3 is 2.64 bits per heavy atom. The number of methoxy groups -OCH3 is 1. The third-order valence-electron chi connectivity index (χ3n) is 4.58. The highest BCUT2D eigenvalue weighted by atomic mass is 32.2. The van der Waals surface area contributed by atoms with Crippen LogP contribution in [-0.2, 0) is 14.8 Å². The predicted octanol–water partition coefficient (Wildman–Crippen LogP) is 2.75. The standard InChI is InChI=1S/C20H24N2O5S/c1-22(14-18-6-4-12-27-18)20(23)15-5-3-7-19(13-15)28(24,25)21-16-8-10-17(26-2)11-9-16/h3,5,7-11,13,18,21H,4,6,12,14H2,1-2H3. The summed E-state index contributed by atoms with van der Waals surface area (Å²) in [5, 5.41) is 0. The molecule has 0 aliphatic carbocycles. The van der Waals surface area contributed by atoms with Gasteiger partial charge in [-0.1, -0.05) is 6.07 Å². The van der Waals surface area contributed by atoms with E-state index in [0.717, 1.165) is 19.4 Å². The average Bonchev–Trinajstić information content (AvgIpc) is 3.21. The van der Waals surface area contributed by atoms with Gasteiger partial charge in [0.05, 0.1) is 18.1 Å². The quantitative estimate of drug-likeness (QED) is 0.767. The summed E-state index contributed by atoms with van der Waals surface area (Å²) in [6, 6.07) is 12.6. The van der Waals surface area contributed by atoms with Crippen LogP contribution in [0.15, 0.2) is 53.4 Å². The molecule has 2 aromatic carbocycles. The monoisotopic (exact) mass is 404 g/mol. The Hall–Kier alpha value is -2.58. The van der Waals surface area contributed by atoms with Crippen LogP contribution in [0.2, 0.25) is 0 Å². The SMILES string of the molecule is COc1ccc(NS(=O)(=O)c2cccc(C(=O)N(C)CC3CCCO3)c2)cc1. The Morgan fingerprint density at radius 2 is 2.00 bits per heavy atom. The number of carbonyl (C=O) groups is 1. The number of benzene rings is 2. The van der Waals surface area contributed by atoms with Crippen LogP contribution in [0.3, 0.4) is 0 Å². The van der Waals surface area contributed by atoms with Gasteiger partial charge in [-0.2, -0.15) is 0 Å². The molecule has 1 atom stereocenters. The van der Waals surface area contributed by atoms with Gasteiger partial charge in [0.2, 0.25) is 0 Å². The van der Waals surface area contributed by atoms with Crippen molar-refractivity contribution in [2.75, 3.05) is 32.0 Å². The van der Waals surface area contributed by atoms with Crippen molar-refractivity contribution in [2.45, 2.75) is 23.8 Å². The van der Waals surface area contributed by atoms with Crippen LogP contribution in [0.25, 0.3) is 0 Å². The molecule has 0 radical (unpaired) electrons. The van der Waals surface area contributed by atoms with Crippen molar-refractivity contribution in [1.29, 1.82) is 0 Å². The zero-order chi connectivity index (χ0) is 20.1. The van der Waals surface area contributed by atoms with Crippen LogP contribution in [0.1, 0.15) is 23.2 Å². The van der Waals surface area contributed by atoms with E-state index in [-0.39, 0.29) is 16.9 Å². The van der Waals surface area contributed by atoms with Crippen molar-refractivity contribution < 1.29 is 22.7 Å². The maximum absolute atomic E-state index is 12.7. The van der Waals surface area contributed by atoms with E-state index in [0.29, 0.717) is 23.5 Å². The number of amides is 1. The molecule has 1 unspecified atom stereocenters. The van der Waals surface area contributed by atoms with Gasteiger partial charge in [-0.15, -0.1) is 0 Å². The minimum Gasteiger partial charge on any atom is -0.497 e. The van der Waals surface area contributed by atoms with E-state index < -0.39 is 10.0 Å². The molecule has 0 aromatic heterocycles. The molecule has 8 heteroatoms. The number of carbonyl (C=O) groups excluding carboxylic acids is 1. The summed E-state index contributed by atoms with van der Waals surface area (Å²) in [6.07, 6.45) is 1.97. The van der Waals surface area contributed by atoms with Gasteiger partial charge in [0, 0.05) is 31.5 Å². The van der Waals surface area contributed by atoms with E-state index in [2.05, 4.69) is 4.72 Å². The fraction of sp³-hybridized carbons (Fsp3) is 0.350. The molecular formula is C20H24N2O5S. The zero-order valence-corrected chi connectivity index (χ0v) is 16.7. The summed E-state index contributed by atoms with van der Waals surface area (Å²) in [6.45, 7) is 1.21. The lowest BCUT2D eigenvalue weighted by Crippen LogP contribution is -2.34. The summed E-state index contributed by atoms with van der Waals surface area (Å²) in [7, 11) is -0.589. The number of ether oxygens (including phenoxy) is 2. The van der Waals surface area contributed by atoms with E-state index in [1.165, 1.54) is 19.2 Å². The molecule has 1 aliphatic heterocycles. The number of hydrogen-bond acceptors (Lipinski definition) is 5. The van der Waals surface area contributed by atoms with E-state index in [9.17, 15) is 13.2 Å². The highest BCUT2D eigenvalue weighted by Crippen LogP contribution is 2.21. The number of anilines is 1. The summed E-state index contributed by atoms with van der Waals surface area (Å²) in [5.74, 6) is 0.391. The molecular weight excluding hydrogens is 380 g/mol. The number of nitrogens with zero attached hydrogens (tertiary/aromatic N) is 1. The summed E-state index contributed by atoms with van der Waals surface area (Å²) >= 11 is 0. The molecule has 0 saturated carbocycles. The van der Waals surface area contributed by atoms with Crippen LogP contribution >= 0.6 is 0 Å². The number of likely N-dealkylation sites (N-methyl/N-ethyl adjacent to an activating group) is 1. The summed E-state index contributed by atoms with van der Waals surface area (Å²) in [4.78, 5) is 14.3. The van der Waals surface area contributed by atoms with Crippen LogP contribution < -0.4 is 9.46 Å². The molecule has 1 fully saturated rings. The van der Waals surface area contributed by atoms with Crippen LogP contribution in [0.4, 0.5) is 5.69 Å². The van der Waals surface area contributed by atoms with Crippen LogP contribution in [0, 0.1) is 0 Å². The molecule has 150 valence electrons. The molecule has 0 spiro atoms. The van der Waals surface area contributed by atoms with Crippen molar-refractivity contribution in [3.63, 3.8) is 0 Å². The van der Waals surface area contributed by atoms with Crippen LogP contribution in [-0.4, -0.2) is 52.6 Å². The van der Waals surface area contributed by atoms with Crippen LogP contribution in [0.5, 0.6) is 5.75 Å². The normalized spacial score (nSPS) is 16.6. The summed E-state index contributed by atoms with van der Waals surface area (Å²) in [5.41, 5.74) is 0.728. The first-order valence-corrected chi connectivity index (χ1v) is 10.5. The molecule has 2 aromatic rings. The topological polar surface area (TPSA) is 84.9 Å².